The average Bonchev–Trinajstić information content (AvgIpc) is 2.18. The number of aryl methyl sites for hydroxylation is 1. The average molecular weight is 208 g/mol. The van der Waals surface area contributed by atoms with Crippen molar-refractivity contribution in [2.75, 3.05) is 6.54 Å². The molecule has 0 unspecified atom stereocenters. The maximum atomic E-state index is 4.11. The van der Waals surface area contributed by atoms with E-state index in [0.717, 1.165) is 18.5 Å². The van der Waals surface area contributed by atoms with E-state index in [0.29, 0.717) is 0 Å². The van der Waals surface area contributed by atoms with Crippen molar-refractivity contribution in [3.05, 3.63) is 36.2 Å². The molecule has 3 heteroatoms. The Morgan fingerprint density at radius 3 is 3.07 bits per heavy atom. The van der Waals surface area contributed by atoms with Gasteiger partial charge in [0.1, 0.15) is 0 Å². The number of hydrogen-bond donors (Lipinski definition) is 1. The molecular formula is C11H16N2S. The van der Waals surface area contributed by atoms with Crippen LogP contribution in [0.2, 0.25) is 0 Å². The Morgan fingerprint density at radius 1 is 1.64 bits per heavy atom. The lowest BCUT2D eigenvalue weighted by Gasteiger charge is -2.06. The summed E-state index contributed by atoms with van der Waals surface area (Å²) in [5, 5.41) is 0. The number of nitrogens with one attached hydrogen (secondary N) is 1. The lowest BCUT2D eigenvalue weighted by Crippen LogP contribution is -2.06. The van der Waals surface area contributed by atoms with Crippen molar-refractivity contribution in [1.82, 2.24) is 9.71 Å². The van der Waals surface area contributed by atoms with Crippen molar-refractivity contribution >= 4 is 11.9 Å². The first kappa shape index (κ1) is 11.3. The summed E-state index contributed by atoms with van der Waals surface area (Å²) < 4.78 is 3.25. The van der Waals surface area contributed by atoms with E-state index in [9.17, 15) is 0 Å². The molecule has 0 atom stereocenters. The first-order valence-corrected chi connectivity index (χ1v) is 5.52. The van der Waals surface area contributed by atoms with Gasteiger partial charge in [0, 0.05) is 23.8 Å². The Labute approximate surface area is 90.0 Å². The molecule has 0 amide bonds. The van der Waals surface area contributed by atoms with Crippen LogP contribution >= 0.6 is 11.9 Å². The summed E-state index contributed by atoms with van der Waals surface area (Å²) in [5.74, 6) is 0. The van der Waals surface area contributed by atoms with Crippen LogP contribution in [0.3, 0.4) is 0 Å². The molecule has 0 saturated heterocycles. The molecule has 1 aromatic heterocycles. The van der Waals surface area contributed by atoms with Crippen molar-refractivity contribution in [2.45, 2.75) is 25.2 Å². The summed E-state index contributed by atoms with van der Waals surface area (Å²) in [6, 6.07) is 2.06. The van der Waals surface area contributed by atoms with Crippen LogP contribution in [0.25, 0.3) is 0 Å². The minimum Gasteiger partial charge on any atom is -0.263 e. The second-order valence-corrected chi connectivity index (χ2v) is 4.15. The molecule has 0 aromatic carbocycles. The fourth-order valence-electron chi connectivity index (χ4n) is 1.03. The quantitative estimate of drug-likeness (QED) is 0.595. The lowest BCUT2D eigenvalue weighted by molar-refractivity contribution is 1.02. The molecule has 0 saturated carbocycles. The highest BCUT2D eigenvalue weighted by Gasteiger charge is 2.00. The van der Waals surface area contributed by atoms with Crippen molar-refractivity contribution in [3.8, 4) is 0 Å². The predicted octanol–water partition coefficient (Wildman–Crippen LogP) is 2.82. The largest absolute Gasteiger partial charge is 0.263 e. The Balaban J connectivity index is 2.53. The summed E-state index contributed by atoms with van der Waals surface area (Å²) in [7, 11) is 0. The molecule has 0 fully saturated rings. The van der Waals surface area contributed by atoms with Gasteiger partial charge in [0.15, 0.2) is 0 Å². The van der Waals surface area contributed by atoms with Crippen LogP contribution in [0.4, 0.5) is 0 Å². The van der Waals surface area contributed by atoms with Crippen LogP contribution in [0.1, 0.15) is 19.4 Å². The molecular weight excluding hydrogens is 192 g/mol. The van der Waals surface area contributed by atoms with E-state index in [1.807, 2.05) is 19.3 Å². The number of rotatable bonds is 5. The van der Waals surface area contributed by atoms with Gasteiger partial charge in [-0.1, -0.05) is 19.1 Å². The van der Waals surface area contributed by atoms with Gasteiger partial charge in [0.05, 0.1) is 0 Å². The van der Waals surface area contributed by atoms with E-state index in [4.69, 9.17) is 0 Å². The van der Waals surface area contributed by atoms with Gasteiger partial charge in [-0.05, 0) is 36.9 Å². The highest BCUT2D eigenvalue weighted by molar-refractivity contribution is 7.97. The van der Waals surface area contributed by atoms with Gasteiger partial charge >= 0.3 is 0 Å². The Kier molecular flexibility index (Phi) is 4.70. The third-order valence-electron chi connectivity index (χ3n) is 1.81. The summed E-state index contributed by atoms with van der Waals surface area (Å²) in [4.78, 5) is 5.31. The topological polar surface area (TPSA) is 24.9 Å². The third-order valence-corrected chi connectivity index (χ3v) is 2.68. The molecule has 1 heterocycles. The van der Waals surface area contributed by atoms with Gasteiger partial charge in [-0.15, -0.1) is 0 Å². The van der Waals surface area contributed by atoms with Crippen molar-refractivity contribution in [1.29, 1.82) is 0 Å². The third kappa shape index (κ3) is 3.52. The second kappa shape index (κ2) is 5.83. The van der Waals surface area contributed by atoms with Gasteiger partial charge < -0.3 is 0 Å². The maximum absolute atomic E-state index is 4.11. The normalized spacial score (nSPS) is 10.1. The van der Waals surface area contributed by atoms with E-state index in [-0.39, 0.29) is 0 Å². The fraction of sp³-hybridized carbons (Fsp3) is 0.364. The van der Waals surface area contributed by atoms with Crippen molar-refractivity contribution in [2.24, 2.45) is 0 Å². The molecule has 0 radical (unpaired) electrons. The minimum absolute atomic E-state index is 0.836. The summed E-state index contributed by atoms with van der Waals surface area (Å²) >= 11 is 1.63. The van der Waals surface area contributed by atoms with Gasteiger partial charge in [-0.2, -0.15) is 0 Å². The van der Waals surface area contributed by atoms with Crippen LogP contribution in [-0.4, -0.2) is 11.5 Å². The van der Waals surface area contributed by atoms with Crippen molar-refractivity contribution in [3.63, 3.8) is 0 Å². The fourth-order valence-corrected chi connectivity index (χ4v) is 1.96. The standard InChI is InChI=1S/C11H16N2S/c1-4-10-5-6-12-8-11(10)14-13-7-9(2)3/h5-6,8,13H,2,4,7H2,1,3H3. The van der Waals surface area contributed by atoms with Crippen molar-refractivity contribution < 1.29 is 0 Å². The minimum atomic E-state index is 0.836. The summed E-state index contributed by atoms with van der Waals surface area (Å²) in [5.41, 5.74) is 2.47. The van der Waals surface area contributed by atoms with Gasteiger partial charge in [-0.25, -0.2) is 0 Å². The van der Waals surface area contributed by atoms with E-state index < -0.39 is 0 Å². The maximum Gasteiger partial charge on any atom is 0.0443 e. The number of hydrogen-bond acceptors (Lipinski definition) is 3. The van der Waals surface area contributed by atoms with Gasteiger partial charge in [0.2, 0.25) is 0 Å². The molecule has 0 aliphatic carbocycles. The first-order valence-electron chi connectivity index (χ1n) is 4.71. The SMILES string of the molecule is C=C(C)CNSc1cnccc1CC. The Bertz CT molecular complexity index is 310. The molecule has 1 aromatic rings. The smallest absolute Gasteiger partial charge is 0.0443 e. The van der Waals surface area contributed by atoms with E-state index in [1.165, 1.54) is 10.5 Å². The summed E-state index contributed by atoms with van der Waals surface area (Å²) in [6.07, 6.45) is 4.77. The highest BCUT2D eigenvalue weighted by Crippen LogP contribution is 2.18. The molecule has 14 heavy (non-hydrogen) atoms. The molecule has 76 valence electrons. The first-order chi connectivity index (χ1) is 6.74. The number of pyridine rings is 1. The predicted molar refractivity (Wildman–Crippen MR) is 62.3 cm³/mol. The Hall–Kier alpha value is -0.800. The monoisotopic (exact) mass is 208 g/mol. The molecule has 0 spiro atoms. The highest BCUT2D eigenvalue weighted by atomic mass is 32.2. The van der Waals surface area contributed by atoms with Crippen LogP contribution in [-0.2, 0) is 6.42 Å². The molecule has 1 N–H and O–H groups in total. The molecule has 1 rings (SSSR count). The van der Waals surface area contributed by atoms with Crippen LogP contribution in [0.5, 0.6) is 0 Å². The van der Waals surface area contributed by atoms with E-state index in [2.05, 4.69) is 29.3 Å². The molecule has 0 aliphatic heterocycles. The number of nitrogens with zero attached hydrogens (tertiary/aromatic N) is 1. The lowest BCUT2D eigenvalue weighted by atomic mass is 10.2. The zero-order valence-corrected chi connectivity index (χ0v) is 9.53. The molecule has 0 aliphatic rings. The zero-order chi connectivity index (χ0) is 10.4. The molecule has 0 bridgehead atoms. The number of aromatic nitrogens is 1. The van der Waals surface area contributed by atoms with Crippen LogP contribution in [0.15, 0.2) is 35.5 Å². The van der Waals surface area contributed by atoms with Gasteiger partial charge in [0.25, 0.3) is 0 Å². The van der Waals surface area contributed by atoms with E-state index in [1.54, 1.807) is 11.9 Å². The Morgan fingerprint density at radius 2 is 2.43 bits per heavy atom. The van der Waals surface area contributed by atoms with Crippen LogP contribution < -0.4 is 4.72 Å². The van der Waals surface area contributed by atoms with E-state index >= 15 is 0 Å². The second-order valence-electron chi connectivity index (χ2n) is 3.22. The van der Waals surface area contributed by atoms with Gasteiger partial charge in [-0.3, -0.25) is 9.71 Å². The van der Waals surface area contributed by atoms with Crippen LogP contribution in [0, 0.1) is 0 Å². The zero-order valence-electron chi connectivity index (χ0n) is 8.71. The summed E-state index contributed by atoms with van der Waals surface area (Å²) in [6.45, 7) is 8.84. The molecule has 2 nitrogen and oxygen atoms in total.